The monoisotopic (exact) mass is 725 g/mol. The average Bonchev–Trinajstić information content (AvgIpc) is 3.30. The highest BCUT2D eigenvalue weighted by Crippen LogP contribution is 2.48. The molecule has 0 radical (unpaired) electrons. The first kappa shape index (κ1) is 34.0. The van der Waals surface area contributed by atoms with Crippen molar-refractivity contribution >= 4 is 38.6 Å². The van der Waals surface area contributed by atoms with E-state index < -0.39 is 0 Å². The molecule has 0 unspecified atom stereocenters. The van der Waals surface area contributed by atoms with Crippen LogP contribution in [-0.4, -0.2) is 0 Å². The predicted molar refractivity (Wildman–Crippen MR) is 243 cm³/mol. The minimum atomic E-state index is 1.08. The molecule has 0 saturated carbocycles. The number of hydrogen-bond donors (Lipinski definition) is 0. The van der Waals surface area contributed by atoms with Crippen molar-refractivity contribution in [2.45, 2.75) is 0 Å². The molecule has 0 amide bonds. The number of rotatable bonds is 8. The minimum absolute atomic E-state index is 1.08. The van der Waals surface area contributed by atoms with Crippen molar-refractivity contribution in [1.82, 2.24) is 0 Å². The first-order chi connectivity index (χ1) is 28.3. The molecule has 10 aromatic rings. The number of anilines is 3. The Kier molecular flexibility index (Phi) is 8.95. The van der Waals surface area contributed by atoms with Crippen molar-refractivity contribution in [2.75, 3.05) is 4.90 Å². The van der Waals surface area contributed by atoms with Crippen LogP contribution in [0.3, 0.4) is 0 Å². The van der Waals surface area contributed by atoms with Gasteiger partial charge in [0.25, 0.3) is 0 Å². The van der Waals surface area contributed by atoms with Gasteiger partial charge in [-0.3, -0.25) is 0 Å². The van der Waals surface area contributed by atoms with Crippen LogP contribution in [-0.2, 0) is 0 Å². The number of fused-ring (bicyclic) bond motifs is 3. The lowest BCUT2D eigenvalue weighted by atomic mass is 9.87. The molecule has 0 fully saturated rings. The minimum Gasteiger partial charge on any atom is -0.310 e. The van der Waals surface area contributed by atoms with E-state index in [2.05, 4.69) is 241 Å². The molecule has 0 bridgehead atoms. The largest absolute Gasteiger partial charge is 0.310 e. The molecule has 57 heavy (non-hydrogen) atoms. The molecule has 1 heteroatoms. The van der Waals surface area contributed by atoms with E-state index in [9.17, 15) is 0 Å². The molecule has 0 N–H and O–H groups in total. The third-order valence-corrected chi connectivity index (χ3v) is 11.1. The summed E-state index contributed by atoms with van der Waals surface area (Å²) in [5.41, 5.74) is 15.2. The molecule has 268 valence electrons. The van der Waals surface area contributed by atoms with Crippen molar-refractivity contribution < 1.29 is 0 Å². The summed E-state index contributed by atoms with van der Waals surface area (Å²) in [4.78, 5) is 2.45. The lowest BCUT2D eigenvalue weighted by molar-refractivity contribution is 1.29. The number of benzene rings is 10. The Hall–Kier alpha value is -7.48. The lowest BCUT2D eigenvalue weighted by Gasteiger charge is -2.30. The topological polar surface area (TPSA) is 3.24 Å². The Morgan fingerprint density at radius 3 is 1.46 bits per heavy atom. The Bertz CT molecular complexity index is 2990. The summed E-state index contributed by atoms with van der Waals surface area (Å²) < 4.78 is 0. The molecular weight excluding hydrogens is 687 g/mol. The van der Waals surface area contributed by atoms with Gasteiger partial charge in [-0.1, -0.05) is 200 Å². The SMILES string of the molecule is c1ccc(-c2cccc(-c3ccc(N(c4ccc5c(ccc6ccccc65)c4)c4cccc(-c5ccccc5)c4-c4ccccc4-c4ccccc4)cc3)c2)cc1. The summed E-state index contributed by atoms with van der Waals surface area (Å²) in [6, 6.07) is 85.7. The van der Waals surface area contributed by atoms with Gasteiger partial charge in [0.1, 0.15) is 0 Å². The highest BCUT2D eigenvalue weighted by atomic mass is 15.1. The molecule has 1 nitrogen and oxygen atoms in total. The summed E-state index contributed by atoms with van der Waals surface area (Å²) in [7, 11) is 0. The Morgan fingerprint density at radius 2 is 0.737 bits per heavy atom. The maximum Gasteiger partial charge on any atom is 0.0546 e. The fourth-order valence-electron chi connectivity index (χ4n) is 8.32. The molecule has 0 aromatic heterocycles. The number of hydrogen-bond acceptors (Lipinski definition) is 1. The first-order valence-electron chi connectivity index (χ1n) is 19.6. The maximum absolute atomic E-state index is 2.45. The van der Waals surface area contributed by atoms with E-state index in [1.807, 2.05) is 0 Å². The van der Waals surface area contributed by atoms with Crippen LogP contribution in [0.2, 0.25) is 0 Å². The van der Waals surface area contributed by atoms with Gasteiger partial charge in [-0.05, 0) is 108 Å². The van der Waals surface area contributed by atoms with Gasteiger partial charge >= 0.3 is 0 Å². The summed E-state index contributed by atoms with van der Waals surface area (Å²) in [5.74, 6) is 0. The first-order valence-corrected chi connectivity index (χ1v) is 19.6. The molecule has 0 atom stereocenters. The molecule has 0 spiro atoms. The van der Waals surface area contributed by atoms with Crippen molar-refractivity contribution in [3.8, 4) is 55.6 Å². The molecule has 0 heterocycles. The zero-order valence-corrected chi connectivity index (χ0v) is 31.5. The fourth-order valence-corrected chi connectivity index (χ4v) is 8.32. The highest BCUT2D eigenvalue weighted by Gasteiger charge is 2.23. The second-order valence-electron chi connectivity index (χ2n) is 14.5. The summed E-state index contributed by atoms with van der Waals surface area (Å²) in [6.45, 7) is 0. The van der Waals surface area contributed by atoms with E-state index in [1.165, 1.54) is 77.2 Å². The van der Waals surface area contributed by atoms with Crippen LogP contribution in [0.25, 0.3) is 77.2 Å². The van der Waals surface area contributed by atoms with Gasteiger partial charge in [-0.25, -0.2) is 0 Å². The van der Waals surface area contributed by atoms with Gasteiger partial charge in [-0.15, -0.1) is 0 Å². The van der Waals surface area contributed by atoms with Crippen LogP contribution < -0.4 is 4.90 Å². The summed E-state index contributed by atoms with van der Waals surface area (Å²) >= 11 is 0. The molecule has 0 aliphatic heterocycles. The second kappa shape index (κ2) is 15.0. The quantitative estimate of drug-likeness (QED) is 0.141. The van der Waals surface area contributed by atoms with E-state index in [4.69, 9.17) is 0 Å². The average molecular weight is 726 g/mol. The Morgan fingerprint density at radius 1 is 0.246 bits per heavy atom. The zero-order valence-electron chi connectivity index (χ0n) is 31.5. The van der Waals surface area contributed by atoms with Gasteiger partial charge in [0.15, 0.2) is 0 Å². The zero-order chi connectivity index (χ0) is 38.0. The molecule has 10 aromatic carbocycles. The van der Waals surface area contributed by atoms with Crippen LogP contribution in [0.5, 0.6) is 0 Å². The summed E-state index contributed by atoms with van der Waals surface area (Å²) in [6.07, 6.45) is 0. The lowest BCUT2D eigenvalue weighted by Crippen LogP contribution is -2.12. The van der Waals surface area contributed by atoms with Crippen molar-refractivity contribution in [3.63, 3.8) is 0 Å². The van der Waals surface area contributed by atoms with Crippen LogP contribution in [0.1, 0.15) is 0 Å². The highest BCUT2D eigenvalue weighted by molar-refractivity contribution is 6.09. The molecule has 10 rings (SSSR count). The second-order valence-corrected chi connectivity index (χ2v) is 14.5. The van der Waals surface area contributed by atoms with E-state index in [0.29, 0.717) is 0 Å². The number of nitrogens with zero attached hydrogens (tertiary/aromatic N) is 1. The van der Waals surface area contributed by atoms with E-state index in [0.717, 1.165) is 17.1 Å². The molecular formula is C56H39N. The third kappa shape index (κ3) is 6.56. The van der Waals surface area contributed by atoms with Crippen molar-refractivity contribution in [2.24, 2.45) is 0 Å². The summed E-state index contributed by atoms with van der Waals surface area (Å²) in [5, 5.41) is 4.96. The van der Waals surface area contributed by atoms with Gasteiger partial charge in [0.05, 0.1) is 5.69 Å². The third-order valence-electron chi connectivity index (χ3n) is 11.1. The molecule has 0 saturated heterocycles. The van der Waals surface area contributed by atoms with E-state index in [-0.39, 0.29) is 0 Å². The van der Waals surface area contributed by atoms with Gasteiger partial charge < -0.3 is 4.90 Å². The van der Waals surface area contributed by atoms with Gasteiger partial charge in [0, 0.05) is 16.9 Å². The van der Waals surface area contributed by atoms with Crippen molar-refractivity contribution in [3.05, 3.63) is 237 Å². The van der Waals surface area contributed by atoms with Crippen LogP contribution in [0.4, 0.5) is 17.1 Å². The van der Waals surface area contributed by atoms with E-state index in [1.54, 1.807) is 0 Å². The standard InChI is InChI=1S/C56H39N/c1-4-16-40(17-5-1)45-23-14-24-46(38-45)41-32-34-48(35-33-41)57(49-36-37-52-47(39-49)31-30-44-22-10-11-25-50(44)52)55-29-15-28-53(43-20-8-3-9-21-43)56(55)54-27-13-12-26-51(54)42-18-6-2-7-19-42/h1-39H. The Balaban J connectivity index is 1.20. The molecule has 0 aliphatic carbocycles. The fraction of sp³-hybridized carbons (Fsp3) is 0. The molecule has 0 aliphatic rings. The van der Waals surface area contributed by atoms with Crippen LogP contribution >= 0.6 is 0 Å². The van der Waals surface area contributed by atoms with Crippen LogP contribution in [0, 0.1) is 0 Å². The van der Waals surface area contributed by atoms with Gasteiger partial charge in [0.2, 0.25) is 0 Å². The van der Waals surface area contributed by atoms with Gasteiger partial charge in [-0.2, -0.15) is 0 Å². The maximum atomic E-state index is 2.45. The predicted octanol–water partition coefficient (Wildman–Crippen LogP) is 15.8. The Labute approximate surface area is 334 Å². The van der Waals surface area contributed by atoms with Crippen LogP contribution in [0.15, 0.2) is 237 Å². The normalized spacial score (nSPS) is 11.2. The van der Waals surface area contributed by atoms with Crippen molar-refractivity contribution in [1.29, 1.82) is 0 Å². The smallest absolute Gasteiger partial charge is 0.0546 e. The van der Waals surface area contributed by atoms with E-state index >= 15 is 0 Å².